The van der Waals surface area contributed by atoms with Crippen molar-refractivity contribution in [2.45, 2.75) is 179 Å². The number of carbonyl (C=O) groups excluding carboxylic acids is 2. The molecule has 1 rings (SSSR count). The lowest BCUT2D eigenvalue weighted by Crippen LogP contribution is -2.64. The molecular formula is C40H69O13P. The Morgan fingerprint density at radius 2 is 1.06 bits per heavy atom. The molecule has 0 bridgehead atoms. The van der Waals surface area contributed by atoms with Gasteiger partial charge < -0.3 is 39.9 Å². The number of rotatable bonds is 31. The summed E-state index contributed by atoms with van der Waals surface area (Å²) in [5.74, 6) is -1.15. The van der Waals surface area contributed by atoms with E-state index in [4.69, 9.17) is 18.5 Å². The molecule has 0 heterocycles. The minimum absolute atomic E-state index is 0.0441. The lowest BCUT2D eigenvalue weighted by molar-refractivity contribution is -0.220. The molecule has 0 radical (unpaired) electrons. The van der Waals surface area contributed by atoms with Gasteiger partial charge in [-0.1, -0.05) is 120 Å². The van der Waals surface area contributed by atoms with Crippen LogP contribution < -0.4 is 0 Å². The van der Waals surface area contributed by atoms with Gasteiger partial charge in [-0.15, -0.1) is 0 Å². The van der Waals surface area contributed by atoms with Crippen LogP contribution in [0.25, 0.3) is 0 Å². The number of hydrogen-bond acceptors (Lipinski definition) is 12. The Kier molecular flexibility index (Phi) is 28.6. The molecule has 1 saturated carbocycles. The topological polar surface area (TPSA) is 210 Å². The fraction of sp³-hybridized carbons (Fsp3) is 0.750. The van der Waals surface area contributed by atoms with Gasteiger partial charge in [-0.2, -0.15) is 0 Å². The van der Waals surface area contributed by atoms with Crippen LogP contribution in [0.15, 0.2) is 48.6 Å². The number of esters is 2. The van der Waals surface area contributed by atoms with E-state index < -0.39 is 75.7 Å². The maximum absolute atomic E-state index is 12.7. The van der Waals surface area contributed by atoms with Crippen molar-refractivity contribution in [3.8, 4) is 0 Å². The number of hydrogen-bond donors (Lipinski definition) is 6. The van der Waals surface area contributed by atoms with E-state index in [1.165, 1.54) is 38.5 Å². The Bertz CT molecular complexity index is 1140. The van der Waals surface area contributed by atoms with E-state index in [2.05, 4.69) is 56.4 Å². The molecule has 1 aliphatic carbocycles. The van der Waals surface area contributed by atoms with Crippen molar-refractivity contribution in [2.75, 3.05) is 13.2 Å². The smallest absolute Gasteiger partial charge is 0.462 e. The van der Waals surface area contributed by atoms with Crippen LogP contribution in [0.2, 0.25) is 0 Å². The normalized spacial score (nSPS) is 23.8. The molecule has 0 aromatic carbocycles. The van der Waals surface area contributed by atoms with E-state index >= 15 is 0 Å². The maximum Gasteiger partial charge on any atom is 0.472 e. The summed E-state index contributed by atoms with van der Waals surface area (Å²) in [6.45, 7) is 3.09. The molecule has 6 N–H and O–H groups in total. The number of aliphatic hydroxyl groups is 5. The summed E-state index contributed by atoms with van der Waals surface area (Å²) in [6.07, 6.45) is 20.5. The Morgan fingerprint density at radius 3 is 1.61 bits per heavy atom. The van der Waals surface area contributed by atoms with Crippen LogP contribution in [-0.4, -0.2) is 98.3 Å². The second-order valence-corrected chi connectivity index (χ2v) is 15.2. The molecule has 0 saturated heterocycles. The molecule has 6 atom stereocenters. The van der Waals surface area contributed by atoms with E-state index in [9.17, 15) is 44.6 Å². The first-order valence-corrected chi connectivity index (χ1v) is 21.4. The molecule has 1 aliphatic rings. The summed E-state index contributed by atoms with van der Waals surface area (Å²) < 4.78 is 33.3. The molecule has 6 unspecified atom stereocenters. The van der Waals surface area contributed by atoms with E-state index in [0.717, 1.165) is 57.8 Å². The van der Waals surface area contributed by atoms with Crippen LogP contribution in [0.5, 0.6) is 0 Å². The number of carbonyl (C=O) groups is 2. The van der Waals surface area contributed by atoms with Crippen LogP contribution in [0.1, 0.15) is 136 Å². The molecule has 54 heavy (non-hydrogen) atoms. The van der Waals surface area contributed by atoms with Crippen LogP contribution in [0.3, 0.4) is 0 Å². The number of unbranched alkanes of at least 4 members (excludes halogenated alkanes) is 11. The van der Waals surface area contributed by atoms with Crippen molar-refractivity contribution in [3.05, 3.63) is 48.6 Å². The molecule has 0 aliphatic heterocycles. The summed E-state index contributed by atoms with van der Waals surface area (Å²) >= 11 is 0. The highest BCUT2D eigenvalue weighted by atomic mass is 31.2. The predicted molar refractivity (Wildman–Crippen MR) is 207 cm³/mol. The van der Waals surface area contributed by atoms with Crippen molar-refractivity contribution in [3.63, 3.8) is 0 Å². The van der Waals surface area contributed by atoms with Crippen molar-refractivity contribution in [1.82, 2.24) is 0 Å². The van der Waals surface area contributed by atoms with Gasteiger partial charge in [0.15, 0.2) is 6.10 Å². The third-order valence-electron chi connectivity index (χ3n) is 8.93. The number of allylic oxidation sites excluding steroid dienone is 8. The Labute approximate surface area is 322 Å². The molecule has 0 aromatic heterocycles. The monoisotopic (exact) mass is 788 g/mol. The van der Waals surface area contributed by atoms with E-state index in [1.54, 1.807) is 0 Å². The van der Waals surface area contributed by atoms with Gasteiger partial charge >= 0.3 is 19.8 Å². The second kappa shape index (κ2) is 31.0. The quantitative estimate of drug-likeness (QED) is 0.0194. The highest BCUT2D eigenvalue weighted by Gasteiger charge is 2.51. The van der Waals surface area contributed by atoms with Crippen molar-refractivity contribution in [2.24, 2.45) is 0 Å². The molecule has 0 spiro atoms. The first-order valence-electron chi connectivity index (χ1n) is 19.9. The zero-order valence-corrected chi connectivity index (χ0v) is 33.4. The average molecular weight is 789 g/mol. The Balaban J connectivity index is 2.57. The summed E-state index contributed by atoms with van der Waals surface area (Å²) in [5, 5.41) is 49.9. The summed E-state index contributed by atoms with van der Waals surface area (Å²) in [7, 11) is -5.12. The SMILES string of the molecule is CC/C=C\C/C=C\C/C=C\C/C=C\CCCCC(=O)OC(COC(=O)CCCCCCCCCCCC)COP(=O)(O)OC1C(O)C(O)C(O)C(O)C1O. The molecule has 13 nitrogen and oxygen atoms in total. The van der Waals surface area contributed by atoms with Crippen LogP contribution in [-0.2, 0) is 32.7 Å². The standard InChI is InChI=1S/C40H69O13P/c1-3-5-7-9-11-13-15-16-17-18-19-21-23-25-27-29-34(42)52-32(30-50-33(41)28-26-24-22-20-14-12-10-8-6-4-2)31-51-54(48,49)53-40-38(46)36(44)35(43)37(45)39(40)47/h5,7,11,13,16-17,19,21,32,35-40,43-47H,3-4,6,8-10,12,14-15,18,20,22-31H2,1-2H3,(H,48,49)/b7-5-,13-11-,17-16-,21-19-. The van der Waals surface area contributed by atoms with E-state index in [1.807, 2.05) is 6.08 Å². The van der Waals surface area contributed by atoms with Crippen molar-refractivity contribution >= 4 is 19.8 Å². The maximum atomic E-state index is 12.7. The summed E-state index contributed by atoms with van der Waals surface area (Å²) in [6, 6.07) is 0. The van der Waals surface area contributed by atoms with Gasteiger partial charge in [0.2, 0.25) is 0 Å². The van der Waals surface area contributed by atoms with Gasteiger partial charge in [0.05, 0.1) is 6.61 Å². The molecular weight excluding hydrogens is 719 g/mol. The van der Waals surface area contributed by atoms with Gasteiger partial charge in [0, 0.05) is 12.8 Å². The predicted octanol–water partition coefficient (Wildman–Crippen LogP) is 6.44. The minimum Gasteiger partial charge on any atom is -0.462 e. The average Bonchev–Trinajstić information content (AvgIpc) is 3.15. The molecule has 14 heteroatoms. The van der Waals surface area contributed by atoms with Gasteiger partial charge in [-0.25, -0.2) is 4.57 Å². The summed E-state index contributed by atoms with van der Waals surface area (Å²) in [4.78, 5) is 35.4. The fourth-order valence-electron chi connectivity index (χ4n) is 5.69. The van der Waals surface area contributed by atoms with Crippen molar-refractivity contribution < 1.29 is 63.1 Å². The Hall–Kier alpha value is -2.19. The van der Waals surface area contributed by atoms with Crippen LogP contribution in [0.4, 0.5) is 0 Å². The van der Waals surface area contributed by atoms with Gasteiger partial charge in [0.1, 0.15) is 43.2 Å². The highest BCUT2D eigenvalue weighted by Crippen LogP contribution is 2.47. The molecule has 0 amide bonds. The zero-order valence-electron chi connectivity index (χ0n) is 32.5. The largest absolute Gasteiger partial charge is 0.472 e. The van der Waals surface area contributed by atoms with Crippen molar-refractivity contribution in [1.29, 1.82) is 0 Å². The lowest BCUT2D eigenvalue weighted by Gasteiger charge is -2.41. The number of ether oxygens (including phenoxy) is 2. The van der Waals surface area contributed by atoms with Gasteiger partial charge in [-0.3, -0.25) is 18.6 Å². The van der Waals surface area contributed by atoms with E-state index in [0.29, 0.717) is 12.8 Å². The van der Waals surface area contributed by atoms with Crippen LogP contribution in [0, 0.1) is 0 Å². The fourth-order valence-corrected chi connectivity index (χ4v) is 6.66. The molecule has 1 fully saturated rings. The first kappa shape index (κ1) is 49.8. The van der Waals surface area contributed by atoms with E-state index in [-0.39, 0.29) is 12.8 Å². The Morgan fingerprint density at radius 1 is 0.593 bits per heavy atom. The number of phosphoric acid groups is 1. The summed E-state index contributed by atoms with van der Waals surface area (Å²) in [5.41, 5.74) is 0. The zero-order chi connectivity index (χ0) is 40.0. The molecule has 312 valence electrons. The van der Waals surface area contributed by atoms with Gasteiger partial charge in [-0.05, 0) is 51.4 Å². The highest BCUT2D eigenvalue weighted by molar-refractivity contribution is 7.47. The third-order valence-corrected chi connectivity index (χ3v) is 9.92. The number of aliphatic hydroxyl groups excluding tert-OH is 5. The second-order valence-electron chi connectivity index (χ2n) is 13.8. The molecule has 0 aromatic rings. The van der Waals surface area contributed by atoms with Gasteiger partial charge in [0.25, 0.3) is 0 Å². The third kappa shape index (κ3) is 23.7. The first-order chi connectivity index (χ1) is 25.9. The minimum atomic E-state index is -5.12. The van der Waals surface area contributed by atoms with Crippen LogP contribution >= 0.6 is 7.82 Å². The number of phosphoric ester groups is 1. The lowest BCUT2D eigenvalue weighted by atomic mass is 9.85.